The summed E-state index contributed by atoms with van der Waals surface area (Å²) < 4.78 is 15.2. The van der Waals surface area contributed by atoms with E-state index in [1.54, 1.807) is 0 Å². The Bertz CT molecular complexity index is 5710. The maximum absolute atomic E-state index is 7.89. The van der Waals surface area contributed by atoms with Crippen molar-refractivity contribution in [2.45, 2.75) is 0 Å². The van der Waals surface area contributed by atoms with Gasteiger partial charge in [-0.2, -0.15) is 0 Å². The summed E-state index contributed by atoms with van der Waals surface area (Å²) in [5.41, 5.74) is 29.5. The molecule has 15 aromatic carbocycles. The van der Waals surface area contributed by atoms with Crippen LogP contribution in [0.2, 0.25) is 0 Å². The third-order valence-corrected chi connectivity index (χ3v) is 21.2. The highest BCUT2D eigenvalue weighted by molar-refractivity contribution is 7.04. The van der Waals surface area contributed by atoms with Gasteiger partial charge in [-0.1, -0.05) is 206 Å². The molecule has 0 aliphatic carbocycles. The van der Waals surface area contributed by atoms with Gasteiger partial charge in [0.25, 0.3) is 20.1 Å². The second kappa shape index (κ2) is 22.7. The number of benzene rings is 15. The van der Waals surface area contributed by atoms with Crippen LogP contribution < -0.4 is 88.0 Å². The van der Waals surface area contributed by atoms with Gasteiger partial charge in [0.15, 0.2) is 0 Å². The van der Waals surface area contributed by atoms with Gasteiger partial charge in [-0.05, 0) is 195 Å². The summed E-state index contributed by atoms with van der Waals surface area (Å²) in [6.07, 6.45) is 0. The number of rotatable bonds is 10. The smallest absolute Gasteiger partial charge is 0.261 e. The zero-order chi connectivity index (χ0) is 66.2. The maximum Gasteiger partial charge on any atom is 0.261 e. The van der Waals surface area contributed by atoms with Crippen LogP contribution in [-0.4, -0.2) is 20.1 Å². The predicted molar refractivity (Wildman–Crippen MR) is 422 cm³/mol. The Labute approximate surface area is 587 Å². The molecule has 8 nitrogen and oxygen atoms in total. The molecule has 101 heavy (non-hydrogen) atoms. The molecule has 0 saturated heterocycles. The molecule has 0 aromatic heterocycles. The number of fused-ring (bicyclic) bond motifs is 13. The van der Waals surface area contributed by atoms with Crippen LogP contribution in [0.3, 0.4) is 0 Å². The van der Waals surface area contributed by atoms with E-state index in [4.69, 9.17) is 9.47 Å². The summed E-state index contributed by atoms with van der Waals surface area (Å²) in [5, 5.41) is 0. The third-order valence-electron chi connectivity index (χ3n) is 21.2. The molecule has 11 heteroatoms. The average molecular weight is 1290 g/mol. The molecule has 0 N–H and O–H groups in total. The summed E-state index contributed by atoms with van der Waals surface area (Å²) in [7, 11) is 0. The highest BCUT2D eigenvalue weighted by Crippen LogP contribution is 2.53. The van der Waals surface area contributed by atoms with E-state index in [0.29, 0.717) is 0 Å². The third kappa shape index (κ3) is 8.73. The largest absolute Gasteiger partial charge is 0.459 e. The van der Waals surface area contributed by atoms with Crippen LogP contribution >= 0.6 is 0 Å². The molecule has 0 fully saturated rings. The fraction of sp³-hybridized carbons (Fsp3) is 0. The Hall–Kier alpha value is -13.1. The van der Waals surface area contributed by atoms with E-state index in [-0.39, 0.29) is 20.1 Å². The highest BCUT2D eigenvalue weighted by Gasteiger charge is 2.52. The normalized spacial score (nSPS) is 13.4. The van der Waals surface area contributed by atoms with Gasteiger partial charge in [0.05, 0.1) is 11.4 Å². The van der Waals surface area contributed by atoms with Crippen molar-refractivity contribution in [3.8, 4) is 23.0 Å². The van der Waals surface area contributed by atoms with Gasteiger partial charge in [0, 0.05) is 97.1 Å². The Morgan fingerprint density at radius 3 is 0.980 bits per heavy atom. The molecule has 0 radical (unpaired) electrons. The average Bonchev–Trinajstić information content (AvgIpc) is 0.680. The van der Waals surface area contributed by atoms with Crippen LogP contribution in [0.25, 0.3) is 0 Å². The number of para-hydroxylation sites is 11. The molecule has 15 aromatic rings. The molecule has 0 spiro atoms. The van der Waals surface area contributed by atoms with E-state index < -0.39 is 0 Å². The fourth-order valence-corrected chi connectivity index (χ4v) is 17.2. The van der Waals surface area contributed by atoms with Gasteiger partial charge >= 0.3 is 0 Å². The molecule has 6 aliphatic heterocycles. The van der Waals surface area contributed by atoms with Crippen LogP contribution in [0.4, 0.5) is 102 Å². The Morgan fingerprint density at radius 2 is 0.515 bits per heavy atom. The van der Waals surface area contributed by atoms with Crippen molar-refractivity contribution in [3.63, 3.8) is 0 Å². The van der Waals surface area contributed by atoms with Crippen LogP contribution in [-0.2, 0) is 0 Å². The fourth-order valence-electron chi connectivity index (χ4n) is 17.2. The molecule has 6 aliphatic rings. The van der Waals surface area contributed by atoms with E-state index in [2.05, 4.69) is 387 Å². The second-order valence-corrected chi connectivity index (χ2v) is 26.7. The van der Waals surface area contributed by atoms with Crippen LogP contribution in [0.1, 0.15) is 0 Å². The van der Waals surface area contributed by atoms with Gasteiger partial charge < -0.3 is 38.9 Å². The molecule has 0 bridgehead atoms. The molecule has 0 unspecified atom stereocenters. The standard InChI is InChI=1S/C90H59B3N6O2/c1-9-31-60(32-10-1)94(61-33-11-2-12-34-61)68-53-78-86-79(54-68)97(65-41-19-6-20-42-65)76-58-77-74(57-73(76)91(86)70-47-25-28-50-75(70)96(78)64-39-17-5-18-40-64)92-71-48-26-30-52-84(71)101-90-88(92)81(98(77)66-43-21-7-22-44-66)59-82-89(90)93-72-49-27-29-51-83(72)100-85-56-69(55-80(87(85)93)99(82)67-45-23-8-24-46-67)95(62-35-13-3-14-36-62)63-37-15-4-16-38-63/h1-59H. The van der Waals surface area contributed by atoms with E-state index in [9.17, 15) is 0 Å². The number of hydrogen-bond donors (Lipinski definition) is 0. The minimum Gasteiger partial charge on any atom is -0.459 e. The minimum absolute atomic E-state index is 0.199. The van der Waals surface area contributed by atoms with Crippen molar-refractivity contribution >= 4 is 172 Å². The molecule has 0 atom stereocenters. The lowest BCUT2D eigenvalue weighted by Gasteiger charge is -2.48. The number of hydrogen-bond acceptors (Lipinski definition) is 8. The maximum atomic E-state index is 7.89. The van der Waals surface area contributed by atoms with E-state index in [0.717, 1.165) is 153 Å². The van der Waals surface area contributed by atoms with E-state index in [1.807, 2.05) is 0 Å². The molecular formula is C90H59B3N6O2. The van der Waals surface area contributed by atoms with Gasteiger partial charge in [0.2, 0.25) is 0 Å². The Kier molecular flexibility index (Phi) is 12.8. The van der Waals surface area contributed by atoms with Crippen LogP contribution in [0.15, 0.2) is 358 Å². The summed E-state index contributed by atoms with van der Waals surface area (Å²) in [6, 6.07) is 131. The first kappa shape index (κ1) is 57.0. The summed E-state index contributed by atoms with van der Waals surface area (Å²) in [6.45, 7) is -0.778. The first-order valence-electron chi connectivity index (χ1n) is 34.7. The van der Waals surface area contributed by atoms with Gasteiger partial charge in [-0.15, -0.1) is 0 Å². The summed E-state index contributed by atoms with van der Waals surface area (Å²) in [4.78, 5) is 14.9. The SMILES string of the molecule is c1ccc(N(c2ccccc2)c2cc3c4c(c2)N(c2ccccc2)c2cc5c6c(c2B4c2ccccc2O3)Oc2ccccc2B6c2cc3c(cc2N5c2ccccc2)N(c2ccccc2)c2cc(N(c4ccccc4)c4ccccc4)cc4c2B3c2ccccc2N4c2ccccc2)cc1. The predicted octanol–water partition coefficient (Wildman–Crippen LogP) is 17.5. The van der Waals surface area contributed by atoms with Gasteiger partial charge in [0.1, 0.15) is 23.0 Å². The monoisotopic (exact) mass is 1290 g/mol. The first-order chi connectivity index (χ1) is 50.2. The van der Waals surface area contributed by atoms with E-state index in [1.165, 1.54) is 21.9 Å². The summed E-state index contributed by atoms with van der Waals surface area (Å²) in [5.74, 6) is 3.31. The molecule has 470 valence electrons. The lowest BCUT2D eigenvalue weighted by Crippen LogP contribution is -2.66. The molecule has 6 heterocycles. The first-order valence-corrected chi connectivity index (χ1v) is 34.7. The molecular weight excluding hydrogens is 1230 g/mol. The molecule has 0 saturated carbocycles. The zero-order valence-corrected chi connectivity index (χ0v) is 54.8. The Balaban J connectivity index is 0.866. The van der Waals surface area contributed by atoms with Crippen molar-refractivity contribution in [1.82, 2.24) is 0 Å². The van der Waals surface area contributed by atoms with E-state index >= 15 is 0 Å². The Morgan fingerprint density at radius 1 is 0.198 bits per heavy atom. The minimum atomic E-state index is -0.303. The van der Waals surface area contributed by atoms with Gasteiger partial charge in [-0.3, -0.25) is 0 Å². The van der Waals surface area contributed by atoms with Gasteiger partial charge in [-0.25, -0.2) is 0 Å². The molecule has 0 amide bonds. The summed E-state index contributed by atoms with van der Waals surface area (Å²) >= 11 is 0. The quantitative estimate of drug-likeness (QED) is 0.125. The zero-order valence-electron chi connectivity index (χ0n) is 54.8. The lowest BCUT2D eigenvalue weighted by atomic mass is 9.29. The topological polar surface area (TPSA) is 37.9 Å². The van der Waals surface area contributed by atoms with Crippen molar-refractivity contribution in [1.29, 1.82) is 0 Å². The van der Waals surface area contributed by atoms with Crippen molar-refractivity contribution in [2.75, 3.05) is 29.4 Å². The number of ether oxygens (including phenoxy) is 2. The highest BCUT2D eigenvalue weighted by atomic mass is 16.5. The number of anilines is 18. The van der Waals surface area contributed by atoms with Crippen molar-refractivity contribution < 1.29 is 9.47 Å². The number of nitrogens with zero attached hydrogens (tertiary/aromatic N) is 6. The molecule has 21 rings (SSSR count). The lowest BCUT2D eigenvalue weighted by molar-refractivity contribution is 0.486. The van der Waals surface area contributed by atoms with Crippen molar-refractivity contribution in [2.24, 2.45) is 0 Å². The van der Waals surface area contributed by atoms with Crippen molar-refractivity contribution in [3.05, 3.63) is 358 Å². The second-order valence-electron chi connectivity index (χ2n) is 26.7. The van der Waals surface area contributed by atoms with Crippen LogP contribution in [0.5, 0.6) is 23.0 Å². The van der Waals surface area contributed by atoms with Crippen LogP contribution in [0, 0.1) is 0 Å².